The van der Waals surface area contributed by atoms with E-state index in [9.17, 15) is 9.18 Å². The predicted molar refractivity (Wildman–Crippen MR) is 98.2 cm³/mol. The van der Waals surface area contributed by atoms with E-state index in [-0.39, 0.29) is 18.2 Å². The summed E-state index contributed by atoms with van der Waals surface area (Å²) < 4.78 is 26.7. The highest BCUT2D eigenvalue weighted by molar-refractivity contribution is 5.94. The number of carbonyl (C=O) groups is 1. The van der Waals surface area contributed by atoms with Gasteiger partial charge in [0.2, 0.25) is 5.91 Å². The average Bonchev–Trinajstić information content (AvgIpc) is 3.10. The zero-order valence-corrected chi connectivity index (χ0v) is 14.9. The summed E-state index contributed by atoms with van der Waals surface area (Å²) in [6.45, 7) is 0. The Morgan fingerprint density at radius 2 is 1.96 bits per heavy atom. The molecule has 1 atom stereocenters. The number of hydrogen-bond acceptors (Lipinski definition) is 4. The summed E-state index contributed by atoms with van der Waals surface area (Å²) in [6.07, 6.45) is 1.74. The van der Waals surface area contributed by atoms with E-state index >= 15 is 0 Å². The third-order valence-corrected chi connectivity index (χ3v) is 4.69. The highest BCUT2D eigenvalue weighted by atomic mass is 19.1. The van der Waals surface area contributed by atoms with Crippen molar-refractivity contribution in [2.45, 2.75) is 12.3 Å². The Morgan fingerprint density at radius 1 is 1.15 bits per heavy atom. The molecule has 1 aromatic heterocycles. The largest absolute Gasteiger partial charge is 0.493 e. The second-order valence-electron chi connectivity index (χ2n) is 6.19. The SMILES string of the molecule is COc1cccc(C2CC(=O)Nc3c2ncn3-c2ccccc2F)c1OC. The van der Waals surface area contributed by atoms with Crippen LogP contribution in [0.3, 0.4) is 0 Å². The molecule has 1 amide bonds. The number of amides is 1. The third-order valence-electron chi connectivity index (χ3n) is 4.69. The molecule has 3 aromatic rings. The summed E-state index contributed by atoms with van der Waals surface area (Å²) in [5.41, 5.74) is 1.78. The molecule has 1 N–H and O–H groups in total. The number of fused-ring (bicyclic) bond motifs is 1. The lowest BCUT2D eigenvalue weighted by Gasteiger charge is -2.25. The zero-order chi connectivity index (χ0) is 19.0. The van der Waals surface area contributed by atoms with Crippen molar-refractivity contribution in [2.75, 3.05) is 19.5 Å². The van der Waals surface area contributed by atoms with Crippen LogP contribution >= 0.6 is 0 Å². The number of hydrogen-bond donors (Lipinski definition) is 1. The molecule has 0 fully saturated rings. The highest BCUT2D eigenvalue weighted by Gasteiger charge is 2.33. The van der Waals surface area contributed by atoms with Crippen LogP contribution in [-0.2, 0) is 4.79 Å². The van der Waals surface area contributed by atoms with Gasteiger partial charge in [-0.15, -0.1) is 0 Å². The summed E-state index contributed by atoms with van der Waals surface area (Å²) in [7, 11) is 3.12. The molecule has 6 nitrogen and oxygen atoms in total. The van der Waals surface area contributed by atoms with Gasteiger partial charge in [-0.25, -0.2) is 9.37 Å². The number of rotatable bonds is 4. The predicted octanol–water partition coefficient (Wildman–Crippen LogP) is 3.50. The van der Waals surface area contributed by atoms with E-state index in [0.717, 1.165) is 5.56 Å². The van der Waals surface area contributed by atoms with E-state index in [1.807, 2.05) is 12.1 Å². The first-order valence-corrected chi connectivity index (χ1v) is 8.47. The molecule has 0 spiro atoms. The van der Waals surface area contributed by atoms with Gasteiger partial charge in [0, 0.05) is 17.9 Å². The van der Waals surface area contributed by atoms with Crippen LogP contribution in [0.25, 0.3) is 5.69 Å². The quantitative estimate of drug-likeness (QED) is 0.766. The van der Waals surface area contributed by atoms with Crippen molar-refractivity contribution < 1.29 is 18.7 Å². The van der Waals surface area contributed by atoms with Crippen LogP contribution in [-0.4, -0.2) is 29.7 Å². The van der Waals surface area contributed by atoms with Gasteiger partial charge in [-0.05, 0) is 18.2 Å². The molecule has 0 bridgehead atoms. The lowest BCUT2D eigenvalue weighted by molar-refractivity contribution is -0.116. The second-order valence-corrected chi connectivity index (χ2v) is 6.19. The fourth-order valence-corrected chi connectivity index (χ4v) is 3.48. The number of para-hydroxylation sites is 2. The molecule has 0 saturated heterocycles. The Kier molecular flexibility index (Phi) is 4.27. The fourth-order valence-electron chi connectivity index (χ4n) is 3.48. The Hall–Kier alpha value is -3.35. The van der Waals surface area contributed by atoms with Gasteiger partial charge in [-0.1, -0.05) is 24.3 Å². The zero-order valence-electron chi connectivity index (χ0n) is 14.9. The maximum absolute atomic E-state index is 14.3. The summed E-state index contributed by atoms with van der Waals surface area (Å²) in [5, 5.41) is 2.82. The molecule has 2 heterocycles. The van der Waals surface area contributed by atoms with Gasteiger partial charge in [-0.2, -0.15) is 0 Å². The summed E-state index contributed by atoms with van der Waals surface area (Å²) in [5.74, 6) is 0.712. The molecule has 1 unspecified atom stereocenters. The first-order chi connectivity index (χ1) is 13.1. The normalized spacial score (nSPS) is 15.8. The van der Waals surface area contributed by atoms with Crippen LogP contribution in [0.1, 0.15) is 23.6 Å². The number of aromatic nitrogens is 2. The molecule has 0 aliphatic carbocycles. The third kappa shape index (κ3) is 2.81. The minimum absolute atomic E-state index is 0.171. The molecule has 0 saturated carbocycles. The van der Waals surface area contributed by atoms with Gasteiger partial charge in [0.15, 0.2) is 11.5 Å². The Balaban J connectivity index is 1.87. The van der Waals surface area contributed by atoms with Crippen molar-refractivity contribution in [3.05, 3.63) is 65.9 Å². The van der Waals surface area contributed by atoms with Crippen LogP contribution < -0.4 is 14.8 Å². The number of nitrogens with one attached hydrogen (secondary N) is 1. The van der Waals surface area contributed by atoms with Gasteiger partial charge < -0.3 is 14.8 Å². The van der Waals surface area contributed by atoms with Crippen molar-refractivity contribution in [3.8, 4) is 17.2 Å². The van der Waals surface area contributed by atoms with E-state index < -0.39 is 5.82 Å². The van der Waals surface area contributed by atoms with E-state index in [1.54, 1.807) is 43.1 Å². The van der Waals surface area contributed by atoms with Crippen molar-refractivity contribution in [1.82, 2.24) is 9.55 Å². The lowest BCUT2D eigenvalue weighted by atomic mass is 9.89. The van der Waals surface area contributed by atoms with Gasteiger partial charge >= 0.3 is 0 Å². The fraction of sp³-hybridized carbons (Fsp3) is 0.200. The molecule has 7 heteroatoms. The van der Waals surface area contributed by atoms with E-state index in [4.69, 9.17) is 9.47 Å². The standard InChI is InChI=1S/C20H18FN3O3/c1-26-16-9-5-6-12(19(16)27-2)13-10-17(25)23-20-18(13)22-11-24(20)15-8-4-3-7-14(15)21/h3-9,11,13H,10H2,1-2H3,(H,23,25). The van der Waals surface area contributed by atoms with Crippen molar-refractivity contribution in [3.63, 3.8) is 0 Å². The van der Waals surface area contributed by atoms with E-state index in [1.165, 1.54) is 12.4 Å². The number of ether oxygens (including phenoxy) is 2. The van der Waals surface area contributed by atoms with Crippen molar-refractivity contribution in [1.29, 1.82) is 0 Å². The Bertz CT molecular complexity index is 1020. The van der Waals surface area contributed by atoms with Crippen LogP contribution in [0, 0.1) is 5.82 Å². The van der Waals surface area contributed by atoms with Crippen LogP contribution in [0.15, 0.2) is 48.8 Å². The first-order valence-electron chi connectivity index (χ1n) is 8.47. The maximum Gasteiger partial charge on any atom is 0.226 e. The first kappa shape index (κ1) is 17.1. The van der Waals surface area contributed by atoms with Gasteiger partial charge in [0.05, 0.1) is 25.6 Å². The number of methoxy groups -OCH3 is 2. The van der Waals surface area contributed by atoms with E-state index in [0.29, 0.717) is 28.7 Å². The lowest BCUT2D eigenvalue weighted by Crippen LogP contribution is -2.25. The Labute approximate surface area is 155 Å². The molecule has 2 aromatic carbocycles. The smallest absolute Gasteiger partial charge is 0.226 e. The number of imidazole rings is 1. The number of anilines is 1. The molecule has 1 aliphatic heterocycles. The molecule has 27 heavy (non-hydrogen) atoms. The van der Waals surface area contributed by atoms with Gasteiger partial charge in [-0.3, -0.25) is 9.36 Å². The molecule has 0 radical (unpaired) electrons. The minimum Gasteiger partial charge on any atom is -0.493 e. The summed E-state index contributed by atoms with van der Waals surface area (Å²) in [4.78, 5) is 16.9. The summed E-state index contributed by atoms with van der Waals surface area (Å²) >= 11 is 0. The topological polar surface area (TPSA) is 65.4 Å². The monoisotopic (exact) mass is 367 g/mol. The number of benzene rings is 2. The average molecular weight is 367 g/mol. The number of nitrogens with zero attached hydrogens (tertiary/aromatic N) is 2. The number of carbonyl (C=O) groups excluding carboxylic acids is 1. The molecule has 4 rings (SSSR count). The minimum atomic E-state index is -0.395. The molecule has 138 valence electrons. The second kappa shape index (κ2) is 6.75. The van der Waals surface area contributed by atoms with Crippen LogP contribution in [0.5, 0.6) is 11.5 Å². The van der Waals surface area contributed by atoms with Crippen molar-refractivity contribution >= 4 is 11.7 Å². The van der Waals surface area contributed by atoms with Gasteiger partial charge in [0.1, 0.15) is 18.0 Å². The Morgan fingerprint density at radius 3 is 2.70 bits per heavy atom. The highest BCUT2D eigenvalue weighted by Crippen LogP contribution is 2.43. The number of halogens is 1. The maximum atomic E-state index is 14.3. The van der Waals surface area contributed by atoms with E-state index in [2.05, 4.69) is 10.3 Å². The van der Waals surface area contributed by atoms with Crippen molar-refractivity contribution in [2.24, 2.45) is 0 Å². The van der Waals surface area contributed by atoms with Gasteiger partial charge in [0.25, 0.3) is 0 Å². The van der Waals surface area contributed by atoms with Crippen LogP contribution in [0.4, 0.5) is 10.2 Å². The molecule has 1 aliphatic rings. The van der Waals surface area contributed by atoms with Crippen LogP contribution in [0.2, 0.25) is 0 Å². The summed E-state index contributed by atoms with van der Waals surface area (Å²) in [6, 6.07) is 11.9. The molecular formula is C20H18FN3O3. The molecular weight excluding hydrogens is 349 g/mol.